The standard InChI is InChI=1S/C6H8N2O2/c7-3-5(9)10-6(4-8)1-2-6/h1-3,7H2. The number of rotatable bonds is 2. The molecule has 0 saturated heterocycles. The molecule has 0 aliphatic heterocycles. The minimum Gasteiger partial charge on any atom is -0.443 e. The lowest BCUT2D eigenvalue weighted by Gasteiger charge is -2.05. The van der Waals surface area contributed by atoms with Gasteiger partial charge in [0.1, 0.15) is 6.07 Å². The molecule has 4 nitrogen and oxygen atoms in total. The Kier molecular flexibility index (Phi) is 1.60. The first-order valence-electron chi connectivity index (χ1n) is 3.05. The van der Waals surface area contributed by atoms with E-state index in [1.165, 1.54) is 0 Å². The van der Waals surface area contributed by atoms with E-state index in [9.17, 15) is 4.79 Å². The fraction of sp³-hybridized carbons (Fsp3) is 0.667. The smallest absolute Gasteiger partial charge is 0.321 e. The Bertz CT molecular complexity index is 190. The summed E-state index contributed by atoms with van der Waals surface area (Å²) in [6.07, 6.45) is 1.30. The molecule has 0 heterocycles. The highest BCUT2D eigenvalue weighted by Gasteiger charge is 2.47. The largest absolute Gasteiger partial charge is 0.443 e. The summed E-state index contributed by atoms with van der Waals surface area (Å²) in [5.41, 5.74) is 4.17. The van der Waals surface area contributed by atoms with Gasteiger partial charge in [-0.05, 0) is 0 Å². The molecule has 0 radical (unpaired) electrons. The topological polar surface area (TPSA) is 76.1 Å². The molecule has 10 heavy (non-hydrogen) atoms. The van der Waals surface area contributed by atoms with Gasteiger partial charge in [0.05, 0.1) is 6.54 Å². The van der Waals surface area contributed by atoms with Crippen LogP contribution < -0.4 is 5.73 Å². The molecule has 1 rings (SSSR count). The van der Waals surface area contributed by atoms with Gasteiger partial charge in [-0.3, -0.25) is 4.79 Å². The second-order valence-corrected chi connectivity index (χ2v) is 2.28. The summed E-state index contributed by atoms with van der Waals surface area (Å²) in [5.74, 6) is -0.501. The number of esters is 1. The number of nitrogens with two attached hydrogens (primary N) is 1. The molecule has 0 atom stereocenters. The lowest BCUT2D eigenvalue weighted by Crippen LogP contribution is -2.23. The first-order chi connectivity index (χ1) is 4.72. The molecule has 54 valence electrons. The molecule has 2 N–H and O–H groups in total. The molecule has 0 aromatic carbocycles. The molecule has 0 amide bonds. The molecule has 0 bridgehead atoms. The second-order valence-electron chi connectivity index (χ2n) is 2.28. The first kappa shape index (κ1) is 7.03. The van der Waals surface area contributed by atoms with Crippen molar-refractivity contribution in [2.75, 3.05) is 6.54 Å². The Morgan fingerprint density at radius 3 is 2.70 bits per heavy atom. The molecule has 4 heteroatoms. The summed E-state index contributed by atoms with van der Waals surface area (Å²) in [4.78, 5) is 10.5. The summed E-state index contributed by atoms with van der Waals surface area (Å²) < 4.78 is 4.72. The molecule has 1 fully saturated rings. The van der Waals surface area contributed by atoms with Crippen LogP contribution >= 0.6 is 0 Å². The fourth-order valence-electron chi connectivity index (χ4n) is 0.610. The minimum atomic E-state index is -0.809. The first-order valence-corrected chi connectivity index (χ1v) is 3.05. The van der Waals surface area contributed by atoms with Crippen LogP contribution in [-0.2, 0) is 9.53 Å². The third-order valence-electron chi connectivity index (χ3n) is 1.38. The number of hydrogen-bond donors (Lipinski definition) is 1. The van der Waals surface area contributed by atoms with Crippen LogP contribution in [-0.4, -0.2) is 18.1 Å². The summed E-state index contributed by atoms with van der Waals surface area (Å²) in [6, 6.07) is 1.92. The Balaban J connectivity index is 2.40. The van der Waals surface area contributed by atoms with Gasteiger partial charge in [-0.15, -0.1) is 0 Å². The van der Waals surface area contributed by atoms with Gasteiger partial charge in [0, 0.05) is 12.8 Å². The highest BCUT2D eigenvalue weighted by atomic mass is 16.6. The normalized spacial score (nSPS) is 19.2. The van der Waals surface area contributed by atoms with Crippen LogP contribution in [0, 0.1) is 11.3 Å². The van der Waals surface area contributed by atoms with E-state index in [4.69, 9.17) is 15.7 Å². The van der Waals surface area contributed by atoms with E-state index in [-0.39, 0.29) is 6.54 Å². The lowest BCUT2D eigenvalue weighted by molar-refractivity contribution is -0.146. The zero-order valence-corrected chi connectivity index (χ0v) is 5.46. The number of nitriles is 1. The molecular formula is C6H8N2O2. The molecule has 0 aromatic rings. The van der Waals surface area contributed by atoms with Gasteiger partial charge < -0.3 is 10.5 Å². The second kappa shape index (κ2) is 2.27. The maximum absolute atomic E-state index is 10.5. The van der Waals surface area contributed by atoms with Crippen molar-refractivity contribution in [3.63, 3.8) is 0 Å². The van der Waals surface area contributed by atoms with Crippen molar-refractivity contribution in [1.29, 1.82) is 5.26 Å². The molecular weight excluding hydrogens is 132 g/mol. The van der Waals surface area contributed by atoms with Crippen molar-refractivity contribution in [3.8, 4) is 6.07 Å². The third kappa shape index (κ3) is 1.25. The average Bonchev–Trinajstić information content (AvgIpc) is 2.70. The zero-order valence-electron chi connectivity index (χ0n) is 5.46. The van der Waals surface area contributed by atoms with Crippen LogP contribution in [0.1, 0.15) is 12.8 Å². The molecule has 1 aliphatic rings. The summed E-state index contributed by atoms with van der Waals surface area (Å²) in [5, 5.41) is 8.43. The van der Waals surface area contributed by atoms with Crippen molar-refractivity contribution in [3.05, 3.63) is 0 Å². The number of ether oxygens (including phenoxy) is 1. The van der Waals surface area contributed by atoms with Crippen LogP contribution in [0.3, 0.4) is 0 Å². The van der Waals surface area contributed by atoms with E-state index in [0.29, 0.717) is 12.8 Å². The van der Waals surface area contributed by atoms with Crippen molar-refractivity contribution in [1.82, 2.24) is 0 Å². The Labute approximate surface area is 58.6 Å². The highest BCUT2D eigenvalue weighted by molar-refractivity contribution is 5.72. The summed E-state index contributed by atoms with van der Waals surface area (Å²) in [7, 11) is 0. The SMILES string of the molecule is N#CC1(OC(=O)CN)CC1. The van der Waals surface area contributed by atoms with Gasteiger partial charge in [0.15, 0.2) is 5.60 Å². The Morgan fingerprint density at radius 2 is 2.40 bits per heavy atom. The maximum atomic E-state index is 10.5. The Hall–Kier alpha value is -1.08. The van der Waals surface area contributed by atoms with Crippen LogP contribution in [0.5, 0.6) is 0 Å². The highest BCUT2D eigenvalue weighted by Crippen LogP contribution is 2.38. The Morgan fingerprint density at radius 1 is 1.80 bits per heavy atom. The number of carbonyl (C=O) groups excluding carboxylic acids is 1. The molecule has 0 unspecified atom stereocenters. The molecule has 0 aromatic heterocycles. The van der Waals surface area contributed by atoms with Crippen molar-refractivity contribution < 1.29 is 9.53 Å². The van der Waals surface area contributed by atoms with E-state index in [1.54, 1.807) is 0 Å². The molecule has 0 spiro atoms. The van der Waals surface area contributed by atoms with Crippen molar-refractivity contribution in [2.24, 2.45) is 5.73 Å². The molecule has 1 saturated carbocycles. The number of carbonyl (C=O) groups is 1. The van der Waals surface area contributed by atoms with Crippen LogP contribution in [0.25, 0.3) is 0 Å². The van der Waals surface area contributed by atoms with Crippen molar-refractivity contribution in [2.45, 2.75) is 18.4 Å². The number of nitrogens with zero attached hydrogens (tertiary/aromatic N) is 1. The quantitative estimate of drug-likeness (QED) is 0.527. The lowest BCUT2D eigenvalue weighted by atomic mass is 10.4. The van der Waals surface area contributed by atoms with E-state index in [0.717, 1.165) is 0 Å². The van der Waals surface area contributed by atoms with Crippen LogP contribution in [0.4, 0.5) is 0 Å². The number of hydrogen-bond acceptors (Lipinski definition) is 4. The van der Waals surface area contributed by atoms with Crippen LogP contribution in [0.2, 0.25) is 0 Å². The monoisotopic (exact) mass is 140 g/mol. The molecule has 1 aliphatic carbocycles. The predicted octanol–water partition coefficient (Wildman–Crippen LogP) is -0.456. The summed E-state index contributed by atoms with van der Waals surface area (Å²) >= 11 is 0. The third-order valence-corrected chi connectivity index (χ3v) is 1.38. The van der Waals surface area contributed by atoms with Gasteiger partial charge >= 0.3 is 5.97 Å². The van der Waals surface area contributed by atoms with Gasteiger partial charge in [0.2, 0.25) is 0 Å². The fourth-order valence-corrected chi connectivity index (χ4v) is 0.610. The average molecular weight is 140 g/mol. The van der Waals surface area contributed by atoms with Crippen LogP contribution in [0.15, 0.2) is 0 Å². The predicted molar refractivity (Wildman–Crippen MR) is 32.7 cm³/mol. The summed E-state index contributed by atoms with van der Waals surface area (Å²) in [6.45, 7) is -0.149. The van der Waals surface area contributed by atoms with E-state index < -0.39 is 11.6 Å². The van der Waals surface area contributed by atoms with Crippen molar-refractivity contribution >= 4 is 5.97 Å². The van der Waals surface area contributed by atoms with Gasteiger partial charge in [0.25, 0.3) is 0 Å². The minimum absolute atomic E-state index is 0.149. The van der Waals surface area contributed by atoms with Gasteiger partial charge in [-0.1, -0.05) is 0 Å². The van der Waals surface area contributed by atoms with E-state index in [2.05, 4.69) is 0 Å². The maximum Gasteiger partial charge on any atom is 0.321 e. The van der Waals surface area contributed by atoms with Gasteiger partial charge in [-0.25, -0.2) is 0 Å². The van der Waals surface area contributed by atoms with Gasteiger partial charge in [-0.2, -0.15) is 5.26 Å². The zero-order chi connectivity index (χ0) is 7.61. The van der Waals surface area contributed by atoms with E-state index in [1.807, 2.05) is 6.07 Å². The van der Waals surface area contributed by atoms with E-state index >= 15 is 0 Å².